The number of hydrogen-bond donors (Lipinski definition) is 1. The third-order valence-electron chi connectivity index (χ3n) is 6.99. The molecule has 1 aliphatic rings. The molecule has 0 saturated carbocycles. The molecule has 1 aliphatic heterocycles. The number of aromatic nitrogens is 4. The van der Waals surface area contributed by atoms with Gasteiger partial charge >= 0.3 is 0 Å². The number of carbonyl (C=O) groups excluding carboxylic acids is 2. The van der Waals surface area contributed by atoms with Crippen LogP contribution in [0.5, 0.6) is 0 Å². The number of piperidine rings is 1. The van der Waals surface area contributed by atoms with Crippen LogP contribution in [0.25, 0.3) is 27.3 Å². The summed E-state index contributed by atoms with van der Waals surface area (Å²) in [4.78, 5) is 37.4. The van der Waals surface area contributed by atoms with E-state index in [-0.39, 0.29) is 17.6 Å². The van der Waals surface area contributed by atoms with Crippen LogP contribution in [0.1, 0.15) is 52.3 Å². The second-order valence-electron chi connectivity index (χ2n) is 9.44. The third-order valence-corrected chi connectivity index (χ3v) is 7.97. The van der Waals surface area contributed by atoms with Crippen LogP contribution >= 0.6 is 11.3 Å². The number of carbonyl (C=O) groups is 2. The molecule has 0 radical (unpaired) electrons. The molecule has 1 fully saturated rings. The van der Waals surface area contributed by atoms with Crippen LogP contribution < -0.4 is 10.2 Å². The van der Waals surface area contributed by atoms with Gasteiger partial charge in [0.05, 0.1) is 29.0 Å². The minimum absolute atomic E-state index is 0.0573. The number of anilines is 1. The van der Waals surface area contributed by atoms with Crippen molar-refractivity contribution in [3.63, 3.8) is 0 Å². The van der Waals surface area contributed by atoms with Crippen LogP contribution in [0.3, 0.4) is 0 Å². The molecule has 1 atom stereocenters. The molecule has 198 valence electrons. The van der Waals surface area contributed by atoms with Crippen molar-refractivity contribution in [1.82, 2.24) is 25.0 Å². The van der Waals surface area contributed by atoms with Crippen molar-refractivity contribution < 1.29 is 18.5 Å². The fourth-order valence-electron chi connectivity index (χ4n) is 5.21. The minimum Gasteiger partial charge on any atom is -0.361 e. The van der Waals surface area contributed by atoms with E-state index in [0.717, 1.165) is 22.3 Å². The summed E-state index contributed by atoms with van der Waals surface area (Å²) in [5, 5.41) is 7.28. The zero-order valence-electron chi connectivity index (χ0n) is 21.6. The van der Waals surface area contributed by atoms with Gasteiger partial charge in [-0.2, -0.15) is 0 Å². The molecule has 2 aromatic carbocycles. The predicted molar refractivity (Wildman–Crippen MR) is 146 cm³/mol. The summed E-state index contributed by atoms with van der Waals surface area (Å²) in [6.07, 6.45) is 3.28. The van der Waals surface area contributed by atoms with Gasteiger partial charge in [-0.25, -0.2) is 14.4 Å². The second kappa shape index (κ2) is 9.73. The van der Waals surface area contributed by atoms with E-state index in [2.05, 4.69) is 15.5 Å². The molecule has 1 saturated heterocycles. The van der Waals surface area contributed by atoms with Gasteiger partial charge in [-0.1, -0.05) is 22.6 Å². The third kappa shape index (κ3) is 4.28. The molecular formula is C28H25FN6O3S. The maximum atomic E-state index is 13.7. The van der Waals surface area contributed by atoms with Gasteiger partial charge in [-0.15, -0.1) is 0 Å². The average Bonchev–Trinajstić information content (AvgIpc) is 3.65. The molecule has 39 heavy (non-hydrogen) atoms. The highest BCUT2D eigenvalue weighted by Crippen LogP contribution is 2.39. The van der Waals surface area contributed by atoms with E-state index in [0.29, 0.717) is 52.1 Å². The molecule has 0 spiro atoms. The quantitative estimate of drug-likeness (QED) is 0.313. The Morgan fingerprint density at radius 1 is 1.18 bits per heavy atom. The first-order valence-corrected chi connectivity index (χ1v) is 13.4. The zero-order chi connectivity index (χ0) is 27.3. The number of amides is 2. The van der Waals surface area contributed by atoms with Gasteiger partial charge in [0.1, 0.15) is 22.3 Å². The van der Waals surface area contributed by atoms with Gasteiger partial charge in [0.2, 0.25) is 5.91 Å². The number of thiazole rings is 1. The fraction of sp³-hybridized carbons (Fsp3) is 0.250. The van der Waals surface area contributed by atoms with Crippen LogP contribution in [0, 0.1) is 19.7 Å². The monoisotopic (exact) mass is 544 g/mol. The Bertz CT molecular complexity index is 1700. The van der Waals surface area contributed by atoms with Crippen LogP contribution in [0.2, 0.25) is 0 Å². The number of nitrogens with one attached hydrogen (secondary N) is 1. The normalized spacial score (nSPS) is 15.7. The Morgan fingerprint density at radius 3 is 2.69 bits per heavy atom. The van der Waals surface area contributed by atoms with Crippen LogP contribution in [-0.4, -0.2) is 38.6 Å². The molecule has 6 rings (SSSR count). The van der Waals surface area contributed by atoms with Gasteiger partial charge in [-0.05, 0) is 68.7 Å². The van der Waals surface area contributed by atoms with Gasteiger partial charge < -0.3 is 14.7 Å². The first-order chi connectivity index (χ1) is 18.9. The molecular weight excluding hydrogens is 519 g/mol. The van der Waals surface area contributed by atoms with Gasteiger partial charge in [-0.3, -0.25) is 14.2 Å². The van der Waals surface area contributed by atoms with Crippen molar-refractivity contribution in [1.29, 1.82) is 0 Å². The van der Waals surface area contributed by atoms with Crippen LogP contribution in [0.4, 0.5) is 10.1 Å². The SMILES string of the molecule is CNC(=O)c1cnc(-n2c(C3CCCC(=O)N3c3ccc(F)cc3)nc3cc(-c4c(C)noc4C)ccc32)s1. The van der Waals surface area contributed by atoms with E-state index in [1.165, 1.54) is 29.7 Å². The summed E-state index contributed by atoms with van der Waals surface area (Å²) in [7, 11) is 1.57. The van der Waals surface area contributed by atoms with Gasteiger partial charge in [0, 0.05) is 24.7 Å². The standard InChI is InChI=1S/C28H25FN6O3S/c1-15-25(16(2)38-33-15)17-7-12-21-20(13-17)32-26(35(21)28-31-14-23(39-28)27(37)30-3)22-5-4-6-24(36)34(22)19-10-8-18(29)9-11-19/h7-14,22H,4-6H2,1-3H3,(H,30,37). The van der Waals surface area contributed by atoms with Crippen molar-refractivity contribution in [2.24, 2.45) is 0 Å². The van der Waals surface area contributed by atoms with Crippen LogP contribution in [-0.2, 0) is 4.79 Å². The number of rotatable bonds is 5. The lowest BCUT2D eigenvalue weighted by atomic mass is 9.99. The lowest BCUT2D eigenvalue weighted by molar-refractivity contribution is -0.120. The lowest BCUT2D eigenvalue weighted by Crippen LogP contribution is -2.39. The highest BCUT2D eigenvalue weighted by atomic mass is 32.1. The summed E-state index contributed by atoms with van der Waals surface area (Å²) in [5.74, 6) is 0.672. The van der Waals surface area contributed by atoms with Crippen molar-refractivity contribution in [3.05, 3.63) is 76.6 Å². The van der Waals surface area contributed by atoms with Gasteiger partial charge in [0.15, 0.2) is 5.13 Å². The molecule has 2 amide bonds. The molecule has 11 heteroatoms. The molecule has 0 aliphatic carbocycles. The summed E-state index contributed by atoms with van der Waals surface area (Å²) in [6, 6.07) is 11.4. The Hall–Kier alpha value is -4.38. The van der Waals surface area contributed by atoms with E-state index in [1.807, 2.05) is 36.6 Å². The zero-order valence-corrected chi connectivity index (χ0v) is 22.4. The summed E-state index contributed by atoms with van der Waals surface area (Å²) >= 11 is 1.24. The van der Waals surface area contributed by atoms with Crippen molar-refractivity contribution in [2.45, 2.75) is 39.2 Å². The summed E-state index contributed by atoms with van der Waals surface area (Å²) in [6.45, 7) is 3.76. The van der Waals surface area contributed by atoms with E-state index in [1.54, 1.807) is 24.1 Å². The summed E-state index contributed by atoms with van der Waals surface area (Å²) in [5.41, 5.74) is 4.69. The first-order valence-electron chi connectivity index (χ1n) is 12.6. The van der Waals surface area contributed by atoms with E-state index in [9.17, 15) is 14.0 Å². The number of aryl methyl sites for hydroxylation is 2. The maximum absolute atomic E-state index is 13.7. The Kier molecular flexibility index (Phi) is 6.22. The number of halogens is 1. The van der Waals surface area contributed by atoms with E-state index >= 15 is 0 Å². The average molecular weight is 545 g/mol. The fourth-order valence-corrected chi connectivity index (χ4v) is 6.10. The molecule has 9 nitrogen and oxygen atoms in total. The second-order valence-corrected chi connectivity index (χ2v) is 10.5. The molecule has 5 aromatic rings. The van der Waals surface area contributed by atoms with E-state index < -0.39 is 6.04 Å². The highest BCUT2D eigenvalue weighted by Gasteiger charge is 2.35. The predicted octanol–water partition coefficient (Wildman–Crippen LogP) is 5.51. The number of benzene rings is 2. The summed E-state index contributed by atoms with van der Waals surface area (Å²) < 4.78 is 21.0. The first kappa shape index (κ1) is 24.9. The highest BCUT2D eigenvalue weighted by molar-refractivity contribution is 7.16. The minimum atomic E-state index is -0.418. The topological polar surface area (TPSA) is 106 Å². The number of nitrogens with zero attached hydrogens (tertiary/aromatic N) is 5. The molecule has 4 heterocycles. The largest absolute Gasteiger partial charge is 0.361 e. The molecule has 0 bridgehead atoms. The van der Waals surface area contributed by atoms with E-state index in [4.69, 9.17) is 9.51 Å². The van der Waals surface area contributed by atoms with Crippen LogP contribution in [0.15, 0.2) is 53.2 Å². The molecule has 3 aromatic heterocycles. The Balaban J connectivity index is 1.56. The molecule has 1 N–H and O–H groups in total. The maximum Gasteiger partial charge on any atom is 0.262 e. The number of hydrogen-bond acceptors (Lipinski definition) is 7. The van der Waals surface area contributed by atoms with Crippen molar-refractivity contribution in [3.8, 4) is 16.3 Å². The van der Waals surface area contributed by atoms with Crippen molar-refractivity contribution in [2.75, 3.05) is 11.9 Å². The van der Waals surface area contributed by atoms with Gasteiger partial charge in [0.25, 0.3) is 5.91 Å². The lowest BCUT2D eigenvalue weighted by Gasteiger charge is -2.35. The smallest absolute Gasteiger partial charge is 0.262 e. The molecule has 1 unspecified atom stereocenters. The number of fused-ring (bicyclic) bond motifs is 1. The Labute approximate surface area is 227 Å². The van der Waals surface area contributed by atoms with Crippen molar-refractivity contribution >= 4 is 39.9 Å². The number of imidazole rings is 1. The Morgan fingerprint density at radius 2 is 1.97 bits per heavy atom.